The summed E-state index contributed by atoms with van der Waals surface area (Å²) in [5.74, 6) is 1.26. The van der Waals surface area contributed by atoms with Gasteiger partial charge in [-0.3, -0.25) is 0 Å². The third-order valence-electron chi connectivity index (χ3n) is 4.17. The molecule has 7 nitrogen and oxygen atoms in total. The number of hydrogen-bond acceptors (Lipinski definition) is 6. The predicted molar refractivity (Wildman–Crippen MR) is 90.9 cm³/mol. The monoisotopic (exact) mass is 350 g/mol. The van der Waals surface area contributed by atoms with Crippen LogP contribution in [0.3, 0.4) is 0 Å². The van der Waals surface area contributed by atoms with Crippen LogP contribution in [-0.4, -0.2) is 66.7 Å². The molecule has 1 saturated heterocycles. The van der Waals surface area contributed by atoms with Crippen molar-refractivity contribution in [2.24, 2.45) is 0 Å². The molecule has 0 saturated carbocycles. The van der Waals surface area contributed by atoms with Gasteiger partial charge in [0, 0.05) is 38.2 Å². The molecule has 0 aliphatic carbocycles. The number of piperazine rings is 1. The highest BCUT2D eigenvalue weighted by atomic mass is 32.2. The summed E-state index contributed by atoms with van der Waals surface area (Å²) in [4.78, 5) is 6.70. The van der Waals surface area contributed by atoms with E-state index in [1.54, 1.807) is 0 Å². The van der Waals surface area contributed by atoms with Crippen LogP contribution in [0.15, 0.2) is 34.9 Å². The van der Waals surface area contributed by atoms with Crippen molar-refractivity contribution < 1.29 is 12.9 Å². The first kappa shape index (κ1) is 17.1. The molecule has 1 aliphatic rings. The highest BCUT2D eigenvalue weighted by Crippen LogP contribution is 2.15. The lowest BCUT2D eigenvalue weighted by atomic mass is 10.2. The SMILES string of the molecule is CS(=O)(=O)N1CCN(CCCc2nc(-c3ccccc3)no2)CC1. The van der Waals surface area contributed by atoms with Gasteiger partial charge >= 0.3 is 0 Å². The zero-order valence-corrected chi connectivity index (χ0v) is 14.6. The normalized spacial score (nSPS) is 17.2. The Morgan fingerprint density at radius 2 is 1.83 bits per heavy atom. The van der Waals surface area contributed by atoms with Crippen LogP contribution in [-0.2, 0) is 16.4 Å². The van der Waals surface area contributed by atoms with E-state index in [4.69, 9.17) is 4.52 Å². The Labute approximate surface area is 142 Å². The maximum Gasteiger partial charge on any atom is 0.227 e. The average Bonchev–Trinajstić information content (AvgIpc) is 3.04. The molecule has 3 rings (SSSR count). The van der Waals surface area contributed by atoms with Crippen LogP contribution in [0, 0.1) is 0 Å². The summed E-state index contributed by atoms with van der Waals surface area (Å²) in [6.45, 7) is 3.58. The van der Waals surface area contributed by atoms with Crippen molar-refractivity contribution in [3.05, 3.63) is 36.2 Å². The van der Waals surface area contributed by atoms with Crippen molar-refractivity contribution in [2.75, 3.05) is 39.0 Å². The van der Waals surface area contributed by atoms with Gasteiger partial charge < -0.3 is 9.42 Å². The zero-order valence-electron chi connectivity index (χ0n) is 13.8. The quantitative estimate of drug-likeness (QED) is 0.780. The van der Waals surface area contributed by atoms with Gasteiger partial charge in [0.1, 0.15) is 0 Å². The van der Waals surface area contributed by atoms with Crippen LogP contribution < -0.4 is 0 Å². The van der Waals surface area contributed by atoms with E-state index in [9.17, 15) is 8.42 Å². The average molecular weight is 350 g/mol. The van der Waals surface area contributed by atoms with Gasteiger partial charge in [0.15, 0.2) is 0 Å². The summed E-state index contributed by atoms with van der Waals surface area (Å²) in [5.41, 5.74) is 0.949. The van der Waals surface area contributed by atoms with Gasteiger partial charge in [-0.2, -0.15) is 9.29 Å². The first-order valence-corrected chi connectivity index (χ1v) is 9.93. The summed E-state index contributed by atoms with van der Waals surface area (Å²) in [6.07, 6.45) is 2.91. The molecule has 0 N–H and O–H groups in total. The molecule has 1 aromatic heterocycles. The lowest BCUT2D eigenvalue weighted by Gasteiger charge is -2.33. The third kappa shape index (κ3) is 4.40. The second-order valence-electron chi connectivity index (χ2n) is 5.98. The zero-order chi connectivity index (χ0) is 17.0. The summed E-state index contributed by atoms with van der Waals surface area (Å²) >= 11 is 0. The highest BCUT2D eigenvalue weighted by molar-refractivity contribution is 7.88. The van der Waals surface area contributed by atoms with Gasteiger partial charge in [0.25, 0.3) is 0 Å². The topological polar surface area (TPSA) is 79.5 Å². The van der Waals surface area contributed by atoms with Gasteiger partial charge in [0.2, 0.25) is 21.7 Å². The van der Waals surface area contributed by atoms with Crippen LogP contribution >= 0.6 is 0 Å². The molecule has 1 aromatic carbocycles. The molecule has 0 amide bonds. The molecule has 24 heavy (non-hydrogen) atoms. The minimum absolute atomic E-state index is 0.567. The Hall–Kier alpha value is -1.77. The van der Waals surface area contributed by atoms with Gasteiger partial charge in [-0.25, -0.2) is 8.42 Å². The highest BCUT2D eigenvalue weighted by Gasteiger charge is 2.23. The molecule has 0 spiro atoms. The van der Waals surface area contributed by atoms with Crippen molar-refractivity contribution in [2.45, 2.75) is 12.8 Å². The van der Waals surface area contributed by atoms with E-state index in [0.717, 1.165) is 38.0 Å². The summed E-state index contributed by atoms with van der Waals surface area (Å²) in [5, 5.41) is 4.02. The van der Waals surface area contributed by atoms with Crippen LogP contribution in [0.2, 0.25) is 0 Å². The van der Waals surface area contributed by atoms with Gasteiger partial charge in [0.05, 0.1) is 6.26 Å². The Kier molecular flexibility index (Phi) is 5.27. The van der Waals surface area contributed by atoms with Gasteiger partial charge in [-0.1, -0.05) is 35.5 Å². The maximum absolute atomic E-state index is 11.5. The molecule has 2 aromatic rings. The Morgan fingerprint density at radius 1 is 1.12 bits per heavy atom. The maximum atomic E-state index is 11.5. The number of rotatable bonds is 6. The Bertz CT molecular complexity index is 753. The fourth-order valence-corrected chi connectivity index (χ4v) is 3.63. The van der Waals surface area contributed by atoms with E-state index >= 15 is 0 Å². The number of sulfonamides is 1. The molecule has 1 fully saturated rings. The Balaban J connectivity index is 1.44. The number of aryl methyl sites for hydroxylation is 1. The second-order valence-corrected chi connectivity index (χ2v) is 7.97. The molecular formula is C16H22N4O3S. The van der Waals surface area contributed by atoms with Crippen molar-refractivity contribution in [1.29, 1.82) is 0 Å². The summed E-state index contributed by atoms with van der Waals surface area (Å²) in [7, 11) is -3.06. The van der Waals surface area contributed by atoms with E-state index in [1.807, 2.05) is 30.3 Å². The largest absolute Gasteiger partial charge is 0.339 e. The molecule has 0 atom stereocenters. The van der Waals surface area contributed by atoms with Crippen LogP contribution in [0.4, 0.5) is 0 Å². The minimum atomic E-state index is -3.06. The number of aromatic nitrogens is 2. The van der Waals surface area contributed by atoms with Crippen molar-refractivity contribution in [3.63, 3.8) is 0 Å². The number of nitrogens with zero attached hydrogens (tertiary/aromatic N) is 4. The molecule has 0 bridgehead atoms. The van der Waals surface area contributed by atoms with E-state index in [0.29, 0.717) is 24.8 Å². The van der Waals surface area contributed by atoms with Crippen molar-refractivity contribution >= 4 is 10.0 Å². The van der Waals surface area contributed by atoms with E-state index in [1.165, 1.54) is 10.6 Å². The molecular weight excluding hydrogens is 328 g/mol. The standard InChI is InChI=1S/C16H22N4O3S/c1-24(21,22)20-12-10-19(11-13-20)9-5-8-15-17-16(18-23-15)14-6-3-2-4-7-14/h2-4,6-7H,5,8-13H2,1H3. The third-order valence-corrected chi connectivity index (χ3v) is 5.47. The van der Waals surface area contributed by atoms with E-state index in [2.05, 4.69) is 15.0 Å². The smallest absolute Gasteiger partial charge is 0.227 e. The van der Waals surface area contributed by atoms with Crippen LogP contribution in [0.1, 0.15) is 12.3 Å². The summed E-state index contributed by atoms with van der Waals surface area (Å²) < 4.78 is 29.8. The fraction of sp³-hybridized carbons (Fsp3) is 0.500. The van der Waals surface area contributed by atoms with Crippen molar-refractivity contribution in [3.8, 4) is 11.4 Å². The van der Waals surface area contributed by atoms with Gasteiger partial charge in [-0.15, -0.1) is 0 Å². The van der Waals surface area contributed by atoms with E-state index < -0.39 is 10.0 Å². The lowest BCUT2D eigenvalue weighted by Crippen LogP contribution is -2.48. The van der Waals surface area contributed by atoms with E-state index in [-0.39, 0.29) is 0 Å². The molecule has 0 unspecified atom stereocenters. The van der Waals surface area contributed by atoms with Crippen LogP contribution in [0.25, 0.3) is 11.4 Å². The van der Waals surface area contributed by atoms with Gasteiger partial charge in [-0.05, 0) is 13.0 Å². The number of hydrogen-bond donors (Lipinski definition) is 0. The predicted octanol–water partition coefficient (Wildman–Crippen LogP) is 1.25. The minimum Gasteiger partial charge on any atom is -0.339 e. The van der Waals surface area contributed by atoms with Crippen LogP contribution in [0.5, 0.6) is 0 Å². The summed E-state index contributed by atoms with van der Waals surface area (Å²) in [6, 6.07) is 9.75. The first-order valence-electron chi connectivity index (χ1n) is 8.08. The number of benzene rings is 1. The lowest BCUT2D eigenvalue weighted by molar-refractivity contribution is 0.186. The molecule has 1 aliphatic heterocycles. The Morgan fingerprint density at radius 3 is 2.50 bits per heavy atom. The second kappa shape index (κ2) is 7.42. The fourth-order valence-electron chi connectivity index (χ4n) is 2.80. The molecule has 8 heteroatoms. The molecule has 130 valence electrons. The molecule has 2 heterocycles. The first-order chi connectivity index (χ1) is 11.5. The van der Waals surface area contributed by atoms with Crippen molar-refractivity contribution in [1.82, 2.24) is 19.3 Å². The molecule has 0 radical (unpaired) electrons.